The number of esters is 1. The Morgan fingerprint density at radius 2 is 1.87 bits per heavy atom. The Bertz CT molecular complexity index is 1000. The molecule has 4 N–H and O–H groups in total. The molecule has 1 saturated heterocycles. The highest BCUT2D eigenvalue weighted by atomic mass is 32.3. The van der Waals surface area contributed by atoms with Crippen LogP contribution >= 0.6 is 10.8 Å². The average molecular weight is 457 g/mol. The van der Waals surface area contributed by atoms with Gasteiger partial charge in [0.15, 0.2) is 11.4 Å². The van der Waals surface area contributed by atoms with E-state index in [1.807, 2.05) is 0 Å². The van der Waals surface area contributed by atoms with E-state index in [2.05, 4.69) is 15.0 Å². The number of nitrogens with one attached hydrogen (secondary N) is 1. The van der Waals surface area contributed by atoms with Crippen LogP contribution in [0.5, 0.6) is 5.75 Å². The van der Waals surface area contributed by atoms with E-state index in [0.29, 0.717) is 18.9 Å². The standard InChI is InChI=1S/C19H21F2N3O6S/c1-30-19(27)14-9-15(24-4-2-3-5-31(24,28)29)23-16(17(14)25)18(26)22-10-11-6-12(20)8-13(21)7-11/h6-9,25,28-29H,2-5,10H2,1H3,(H,22,26). The van der Waals surface area contributed by atoms with Crippen molar-refractivity contribution in [3.63, 3.8) is 0 Å². The lowest BCUT2D eigenvalue weighted by Gasteiger charge is -2.46. The van der Waals surface area contributed by atoms with Crippen LogP contribution in [-0.4, -0.2) is 50.5 Å². The molecule has 0 spiro atoms. The van der Waals surface area contributed by atoms with Crippen molar-refractivity contribution in [2.24, 2.45) is 0 Å². The van der Waals surface area contributed by atoms with E-state index in [1.54, 1.807) is 0 Å². The summed E-state index contributed by atoms with van der Waals surface area (Å²) in [6.45, 7) is -0.0737. The van der Waals surface area contributed by atoms with E-state index in [9.17, 15) is 32.6 Å². The largest absolute Gasteiger partial charge is 0.505 e. The lowest BCUT2D eigenvalue weighted by molar-refractivity contribution is 0.0597. The number of carbonyl (C=O) groups is 2. The van der Waals surface area contributed by atoms with Crippen molar-refractivity contribution in [1.82, 2.24) is 10.3 Å². The predicted molar refractivity (Wildman–Crippen MR) is 109 cm³/mol. The number of hydrogen-bond donors (Lipinski definition) is 4. The number of ether oxygens (including phenoxy) is 1. The van der Waals surface area contributed by atoms with Gasteiger partial charge in [0.2, 0.25) is 0 Å². The second-order valence-corrected chi connectivity index (χ2v) is 8.94. The smallest absolute Gasteiger partial charge is 0.341 e. The first-order chi connectivity index (χ1) is 14.6. The maximum Gasteiger partial charge on any atom is 0.341 e. The van der Waals surface area contributed by atoms with Crippen molar-refractivity contribution in [3.05, 3.63) is 52.7 Å². The monoisotopic (exact) mass is 457 g/mol. The molecule has 3 rings (SSSR count). The van der Waals surface area contributed by atoms with Crippen LogP contribution in [0.1, 0.15) is 39.3 Å². The highest BCUT2D eigenvalue weighted by molar-refractivity contribution is 8.25. The van der Waals surface area contributed by atoms with Gasteiger partial charge in [-0.2, -0.15) is 0 Å². The number of benzene rings is 1. The molecule has 0 radical (unpaired) electrons. The number of pyridine rings is 1. The molecule has 1 aromatic carbocycles. The summed E-state index contributed by atoms with van der Waals surface area (Å²) in [5.74, 6) is -4.33. The Labute approximate surface area is 178 Å². The van der Waals surface area contributed by atoms with Gasteiger partial charge in [-0.05, 0) is 30.5 Å². The Morgan fingerprint density at radius 3 is 2.48 bits per heavy atom. The van der Waals surface area contributed by atoms with Gasteiger partial charge in [0, 0.05) is 25.2 Å². The number of anilines is 1. The number of aromatic nitrogens is 1. The van der Waals surface area contributed by atoms with Crippen molar-refractivity contribution in [1.29, 1.82) is 0 Å². The molecule has 2 aromatic rings. The number of nitrogens with zero attached hydrogens (tertiary/aromatic N) is 2. The van der Waals surface area contributed by atoms with Gasteiger partial charge in [-0.25, -0.2) is 18.6 Å². The fourth-order valence-corrected chi connectivity index (χ4v) is 4.75. The molecule has 9 nitrogen and oxygen atoms in total. The van der Waals surface area contributed by atoms with Gasteiger partial charge in [0.25, 0.3) is 5.91 Å². The van der Waals surface area contributed by atoms with E-state index in [4.69, 9.17) is 0 Å². The normalized spacial score (nSPS) is 16.5. The number of aromatic hydroxyl groups is 1. The molecule has 1 fully saturated rings. The summed E-state index contributed by atoms with van der Waals surface area (Å²) < 4.78 is 53.2. The van der Waals surface area contributed by atoms with E-state index in [-0.39, 0.29) is 30.2 Å². The van der Waals surface area contributed by atoms with Gasteiger partial charge in [-0.15, -0.1) is 10.8 Å². The summed E-state index contributed by atoms with van der Waals surface area (Å²) in [5.41, 5.74) is -0.842. The molecular formula is C19H21F2N3O6S. The molecule has 0 atom stereocenters. The number of hydrogen-bond acceptors (Lipinski definition) is 8. The summed E-state index contributed by atoms with van der Waals surface area (Å²) in [4.78, 5) is 28.8. The molecular weight excluding hydrogens is 436 g/mol. The van der Waals surface area contributed by atoms with E-state index in [1.165, 1.54) is 4.31 Å². The number of halogens is 2. The van der Waals surface area contributed by atoms with E-state index >= 15 is 0 Å². The van der Waals surface area contributed by atoms with Crippen LogP contribution in [0.25, 0.3) is 0 Å². The molecule has 1 aromatic heterocycles. The predicted octanol–water partition coefficient (Wildman–Crippen LogP) is 3.05. The molecule has 1 amide bonds. The van der Waals surface area contributed by atoms with Crippen molar-refractivity contribution >= 4 is 28.5 Å². The number of amides is 1. The zero-order valence-corrected chi connectivity index (χ0v) is 17.3. The van der Waals surface area contributed by atoms with Crippen LogP contribution in [-0.2, 0) is 11.3 Å². The third-order valence-electron chi connectivity index (χ3n) is 4.61. The zero-order chi connectivity index (χ0) is 22.8. The van der Waals surface area contributed by atoms with Crippen LogP contribution in [0.2, 0.25) is 0 Å². The third kappa shape index (κ3) is 5.03. The van der Waals surface area contributed by atoms with Crippen molar-refractivity contribution in [2.45, 2.75) is 19.4 Å². The summed E-state index contributed by atoms with van der Waals surface area (Å²) in [7, 11) is -2.15. The van der Waals surface area contributed by atoms with Gasteiger partial charge in [-0.1, -0.05) is 0 Å². The second kappa shape index (κ2) is 9.04. The topological polar surface area (TPSA) is 132 Å². The SMILES string of the molecule is COC(=O)c1cc(N2CCCCS2(O)O)nc(C(=O)NCc2cc(F)cc(F)c2)c1O. The van der Waals surface area contributed by atoms with Gasteiger partial charge >= 0.3 is 5.97 Å². The first-order valence-corrected chi connectivity index (χ1v) is 10.9. The van der Waals surface area contributed by atoms with Crippen LogP contribution in [0.4, 0.5) is 14.6 Å². The Morgan fingerprint density at radius 1 is 1.19 bits per heavy atom. The van der Waals surface area contributed by atoms with Gasteiger partial charge < -0.3 is 15.2 Å². The van der Waals surface area contributed by atoms with Crippen molar-refractivity contribution in [2.75, 3.05) is 23.7 Å². The Hall–Kier alpha value is -2.96. The molecule has 0 bridgehead atoms. The molecule has 1 aliphatic heterocycles. The van der Waals surface area contributed by atoms with E-state index < -0.39 is 51.3 Å². The van der Waals surface area contributed by atoms with E-state index in [0.717, 1.165) is 25.3 Å². The molecule has 2 heterocycles. The minimum absolute atomic E-state index is 0.0930. The van der Waals surface area contributed by atoms with Crippen LogP contribution in [0.3, 0.4) is 0 Å². The highest BCUT2D eigenvalue weighted by Gasteiger charge is 2.31. The highest BCUT2D eigenvalue weighted by Crippen LogP contribution is 2.49. The molecule has 31 heavy (non-hydrogen) atoms. The summed E-state index contributed by atoms with van der Waals surface area (Å²) >= 11 is 0. The molecule has 0 saturated carbocycles. The lowest BCUT2D eigenvalue weighted by atomic mass is 10.1. The fourth-order valence-electron chi connectivity index (χ4n) is 3.13. The van der Waals surface area contributed by atoms with Crippen LogP contribution in [0, 0.1) is 11.6 Å². The Balaban J connectivity index is 1.95. The maximum atomic E-state index is 13.3. The minimum atomic E-state index is -3.22. The molecule has 1 aliphatic rings. The van der Waals surface area contributed by atoms with Gasteiger partial charge in [0.05, 0.1) is 12.9 Å². The average Bonchev–Trinajstić information content (AvgIpc) is 2.71. The molecule has 0 unspecified atom stereocenters. The first kappa shape index (κ1) is 22.7. The van der Waals surface area contributed by atoms with Gasteiger partial charge in [0.1, 0.15) is 23.0 Å². The second-order valence-electron chi connectivity index (χ2n) is 6.82. The molecule has 0 aliphatic carbocycles. The van der Waals surface area contributed by atoms with Crippen molar-refractivity contribution in [3.8, 4) is 5.75 Å². The van der Waals surface area contributed by atoms with Crippen LogP contribution < -0.4 is 9.62 Å². The third-order valence-corrected chi connectivity index (χ3v) is 6.52. The van der Waals surface area contributed by atoms with Crippen molar-refractivity contribution < 1.29 is 37.3 Å². The summed E-state index contributed by atoms with van der Waals surface area (Å²) in [6.07, 6.45) is 1.21. The quantitative estimate of drug-likeness (QED) is 0.504. The zero-order valence-electron chi connectivity index (χ0n) is 16.5. The Kier molecular flexibility index (Phi) is 6.62. The molecule has 168 valence electrons. The fraction of sp³-hybridized carbons (Fsp3) is 0.316. The summed E-state index contributed by atoms with van der Waals surface area (Å²) in [6, 6.07) is 3.84. The minimum Gasteiger partial charge on any atom is -0.505 e. The maximum absolute atomic E-state index is 13.3. The lowest BCUT2D eigenvalue weighted by Crippen LogP contribution is -2.35. The number of carbonyl (C=O) groups excluding carboxylic acids is 2. The number of methoxy groups -OCH3 is 1. The molecule has 12 heteroatoms. The first-order valence-electron chi connectivity index (χ1n) is 9.21. The summed E-state index contributed by atoms with van der Waals surface area (Å²) in [5, 5.41) is 12.8. The van der Waals surface area contributed by atoms with Crippen LogP contribution in [0.15, 0.2) is 24.3 Å². The van der Waals surface area contributed by atoms with Gasteiger partial charge in [-0.3, -0.25) is 18.2 Å². The number of rotatable bonds is 5.